The molecule has 0 bridgehead atoms. The van der Waals surface area contributed by atoms with E-state index in [1.165, 1.54) is 37.8 Å². The molecule has 2 aromatic rings. The number of aliphatic hydroxyl groups excluding tert-OH is 1. The van der Waals surface area contributed by atoms with Gasteiger partial charge in [-0.3, -0.25) is 4.68 Å². The van der Waals surface area contributed by atoms with E-state index >= 15 is 0 Å². The van der Waals surface area contributed by atoms with Crippen LogP contribution in [0.15, 0.2) is 41.5 Å². The van der Waals surface area contributed by atoms with E-state index in [1.807, 2.05) is 23.9 Å². The molecule has 1 fully saturated rings. The van der Waals surface area contributed by atoms with Crippen LogP contribution in [0.2, 0.25) is 0 Å². The number of nitrogens with zero attached hydrogens (tertiary/aromatic N) is 3. The van der Waals surface area contributed by atoms with Crippen LogP contribution >= 0.6 is 0 Å². The van der Waals surface area contributed by atoms with Gasteiger partial charge in [-0.15, -0.1) is 0 Å². The van der Waals surface area contributed by atoms with Gasteiger partial charge in [0.2, 0.25) is 0 Å². The Kier molecular flexibility index (Phi) is 8.01. The van der Waals surface area contributed by atoms with Crippen LogP contribution in [0.1, 0.15) is 56.0 Å². The number of hydrogen-bond acceptors (Lipinski definition) is 4. The molecular weight excluding hydrogens is 392 g/mol. The molecule has 0 amide bonds. The molecule has 1 atom stereocenters. The van der Waals surface area contributed by atoms with Crippen LogP contribution in [0.25, 0.3) is 0 Å². The van der Waals surface area contributed by atoms with Gasteiger partial charge in [-0.1, -0.05) is 25.0 Å². The Bertz CT molecular complexity index is 804. The lowest BCUT2D eigenvalue weighted by Gasteiger charge is -2.16. The van der Waals surface area contributed by atoms with Gasteiger partial charge >= 0.3 is 6.61 Å². The molecule has 3 N–H and O–H groups in total. The summed E-state index contributed by atoms with van der Waals surface area (Å²) in [6.45, 7) is 0.427. The topological polar surface area (TPSA) is 83.7 Å². The predicted molar refractivity (Wildman–Crippen MR) is 111 cm³/mol. The minimum absolute atomic E-state index is 0.0563. The maximum atomic E-state index is 12.2. The molecule has 1 heterocycles. The largest absolute Gasteiger partial charge is 0.435 e. The van der Waals surface area contributed by atoms with Crippen molar-refractivity contribution in [2.75, 3.05) is 13.1 Å². The predicted octanol–water partition coefficient (Wildman–Crippen LogP) is 3.39. The summed E-state index contributed by atoms with van der Waals surface area (Å²) in [7, 11) is 0. The third-order valence-corrected chi connectivity index (χ3v) is 5.06. The smallest absolute Gasteiger partial charge is 0.387 e. The zero-order chi connectivity index (χ0) is 21.3. The van der Waals surface area contributed by atoms with E-state index in [2.05, 4.69) is 25.5 Å². The third kappa shape index (κ3) is 6.41. The number of hydrogen-bond donors (Lipinski definition) is 3. The third-order valence-electron chi connectivity index (χ3n) is 5.06. The van der Waals surface area contributed by atoms with Gasteiger partial charge in [0.15, 0.2) is 5.96 Å². The molecule has 1 aromatic carbocycles. The summed E-state index contributed by atoms with van der Waals surface area (Å²) < 4.78 is 30.8. The number of alkyl halides is 2. The first-order chi connectivity index (χ1) is 14.5. The molecule has 1 unspecified atom stereocenters. The molecule has 164 valence electrons. The monoisotopic (exact) mass is 421 g/mol. The van der Waals surface area contributed by atoms with Crippen LogP contribution < -0.4 is 15.4 Å². The summed E-state index contributed by atoms with van der Waals surface area (Å²) in [4.78, 5) is 4.54. The lowest BCUT2D eigenvalue weighted by molar-refractivity contribution is -0.0498. The number of benzene rings is 1. The fourth-order valence-corrected chi connectivity index (χ4v) is 3.52. The van der Waals surface area contributed by atoms with Crippen LogP contribution in [0.5, 0.6) is 5.75 Å². The number of nitrogens with one attached hydrogen (secondary N) is 2. The first kappa shape index (κ1) is 22.0. The lowest BCUT2D eigenvalue weighted by atomic mass is 10.1. The second kappa shape index (κ2) is 10.9. The number of aliphatic imine (C=N–C) groups is 1. The molecular formula is C21H29F2N5O2. The number of guanidine groups is 1. The van der Waals surface area contributed by atoms with E-state index < -0.39 is 12.7 Å². The second-order valence-corrected chi connectivity index (χ2v) is 7.26. The van der Waals surface area contributed by atoms with Gasteiger partial charge in [0.05, 0.1) is 24.4 Å². The Morgan fingerprint density at radius 2 is 1.97 bits per heavy atom. The van der Waals surface area contributed by atoms with E-state index in [0.717, 1.165) is 5.69 Å². The van der Waals surface area contributed by atoms with Crippen molar-refractivity contribution in [3.8, 4) is 5.75 Å². The van der Waals surface area contributed by atoms with Crippen LogP contribution in [0.3, 0.4) is 0 Å². The van der Waals surface area contributed by atoms with Crippen LogP contribution in [0.4, 0.5) is 8.78 Å². The van der Waals surface area contributed by atoms with E-state index in [-0.39, 0.29) is 12.3 Å². The van der Waals surface area contributed by atoms with Crippen molar-refractivity contribution >= 4 is 5.96 Å². The summed E-state index contributed by atoms with van der Waals surface area (Å²) in [5, 5.41) is 21.2. The zero-order valence-electron chi connectivity index (χ0n) is 17.1. The van der Waals surface area contributed by atoms with Gasteiger partial charge in [-0.2, -0.15) is 13.9 Å². The molecule has 1 saturated carbocycles. The SMILES string of the molecule is CCNC(=NCc1ccn(C2CCCC2)n1)NCC(O)c1ccc(OC(F)F)cc1. The summed E-state index contributed by atoms with van der Waals surface area (Å²) >= 11 is 0. The second-order valence-electron chi connectivity index (χ2n) is 7.26. The number of rotatable bonds is 9. The lowest BCUT2D eigenvalue weighted by Crippen LogP contribution is -2.39. The number of aliphatic hydroxyl groups is 1. The molecule has 9 heteroatoms. The highest BCUT2D eigenvalue weighted by atomic mass is 19.3. The minimum atomic E-state index is -2.87. The number of halogens is 2. The van der Waals surface area contributed by atoms with Crippen molar-refractivity contribution in [2.45, 2.75) is 57.9 Å². The Labute approximate surface area is 175 Å². The highest BCUT2D eigenvalue weighted by Crippen LogP contribution is 2.28. The summed E-state index contributed by atoms with van der Waals surface area (Å²) in [5.41, 5.74) is 1.49. The quantitative estimate of drug-likeness (QED) is 0.427. The molecule has 0 spiro atoms. The van der Waals surface area contributed by atoms with Gasteiger partial charge < -0.3 is 20.5 Å². The fourth-order valence-electron chi connectivity index (χ4n) is 3.52. The van der Waals surface area contributed by atoms with Crippen LogP contribution in [-0.2, 0) is 6.54 Å². The molecule has 0 radical (unpaired) electrons. The molecule has 1 aliphatic carbocycles. The number of ether oxygens (including phenoxy) is 1. The molecule has 7 nitrogen and oxygen atoms in total. The van der Waals surface area contributed by atoms with E-state index in [9.17, 15) is 13.9 Å². The highest BCUT2D eigenvalue weighted by Gasteiger charge is 2.17. The molecule has 0 aliphatic heterocycles. The zero-order valence-corrected chi connectivity index (χ0v) is 17.1. The van der Waals surface area contributed by atoms with Gasteiger partial charge in [0.25, 0.3) is 0 Å². The Morgan fingerprint density at radius 3 is 2.63 bits per heavy atom. The Balaban J connectivity index is 1.53. The van der Waals surface area contributed by atoms with Crippen molar-refractivity contribution in [2.24, 2.45) is 4.99 Å². The van der Waals surface area contributed by atoms with Crippen LogP contribution in [0, 0.1) is 0 Å². The molecule has 1 aliphatic rings. The summed E-state index contributed by atoms with van der Waals surface area (Å²) in [6.07, 6.45) is 6.08. The van der Waals surface area contributed by atoms with Crippen molar-refractivity contribution in [1.82, 2.24) is 20.4 Å². The first-order valence-corrected chi connectivity index (χ1v) is 10.3. The molecule has 0 saturated heterocycles. The van der Waals surface area contributed by atoms with E-state index in [0.29, 0.717) is 30.7 Å². The fraction of sp³-hybridized carbons (Fsp3) is 0.524. The van der Waals surface area contributed by atoms with Crippen molar-refractivity contribution < 1.29 is 18.6 Å². The number of aromatic nitrogens is 2. The Morgan fingerprint density at radius 1 is 1.23 bits per heavy atom. The average Bonchev–Trinajstić information content (AvgIpc) is 3.41. The van der Waals surface area contributed by atoms with Gasteiger partial charge in [0.1, 0.15) is 5.75 Å². The summed E-state index contributed by atoms with van der Waals surface area (Å²) in [5.74, 6) is 0.630. The molecule has 3 rings (SSSR count). The van der Waals surface area contributed by atoms with Gasteiger partial charge in [-0.05, 0) is 43.5 Å². The first-order valence-electron chi connectivity index (χ1n) is 10.3. The van der Waals surface area contributed by atoms with Crippen molar-refractivity contribution in [3.05, 3.63) is 47.8 Å². The van der Waals surface area contributed by atoms with E-state index in [4.69, 9.17) is 0 Å². The summed E-state index contributed by atoms with van der Waals surface area (Å²) in [6, 6.07) is 8.42. The average molecular weight is 421 g/mol. The Hall–Kier alpha value is -2.68. The maximum absolute atomic E-state index is 12.2. The van der Waals surface area contributed by atoms with Gasteiger partial charge in [-0.25, -0.2) is 4.99 Å². The molecule has 1 aromatic heterocycles. The van der Waals surface area contributed by atoms with Gasteiger partial charge in [0, 0.05) is 19.3 Å². The van der Waals surface area contributed by atoms with Crippen molar-refractivity contribution in [1.29, 1.82) is 0 Å². The normalized spacial score (nSPS) is 16.1. The standard InChI is InChI=1S/C21H29F2N5O2/c1-2-24-21(25-13-16-11-12-28(27-16)17-5-3-4-6-17)26-14-19(29)15-7-9-18(10-8-15)30-20(22)23/h7-12,17,19-20,29H,2-6,13-14H2,1H3,(H2,24,25,26). The maximum Gasteiger partial charge on any atom is 0.387 e. The van der Waals surface area contributed by atoms with E-state index in [1.54, 1.807) is 12.1 Å². The van der Waals surface area contributed by atoms with Crippen molar-refractivity contribution in [3.63, 3.8) is 0 Å². The van der Waals surface area contributed by atoms with Crippen LogP contribution in [-0.4, -0.2) is 40.5 Å². The minimum Gasteiger partial charge on any atom is -0.435 e. The molecule has 30 heavy (non-hydrogen) atoms. The highest BCUT2D eigenvalue weighted by molar-refractivity contribution is 5.79.